The number of ether oxygens (including phenoxy) is 1. The number of anilines is 1. The van der Waals surface area contributed by atoms with E-state index in [1.807, 2.05) is 24.8 Å². The second-order valence-electron chi connectivity index (χ2n) is 7.40. The van der Waals surface area contributed by atoms with Crippen LogP contribution in [0.4, 0.5) is 10.1 Å². The SMILES string of the molecule is C=C1OC(CNC(=O)CC)CN1c1cc(F)c(C2CCCCC2)cc1C. The van der Waals surface area contributed by atoms with Gasteiger partial charge in [-0.2, -0.15) is 0 Å². The highest BCUT2D eigenvalue weighted by molar-refractivity contribution is 5.75. The van der Waals surface area contributed by atoms with Gasteiger partial charge in [0.1, 0.15) is 11.9 Å². The van der Waals surface area contributed by atoms with Gasteiger partial charge >= 0.3 is 0 Å². The average Bonchev–Trinajstić information content (AvgIpc) is 3.02. The molecule has 1 saturated heterocycles. The van der Waals surface area contributed by atoms with Crippen LogP contribution in [0.25, 0.3) is 0 Å². The van der Waals surface area contributed by atoms with Crippen LogP contribution in [0.3, 0.4) is 0 Å². The number of hydrogen-bond donors (Lipinski definition) is 1. The summed E-state index contributed by atoms with van der Waals surface area (Å²) in [6, 6.07) is 3.63. The summed E-state index contributed by atoms with van der Waals surface area (Å²) in [5, 5.41) is 2.84. The minimum absolute atomic E-state index is 0.00304. The first kappa shape index (κ1) is 18.7. The maximum absolute atomic E-state index is 14.8. The van der Waals surface area contributed by atoms with E-state index in [0.717, 1.165) is 29.7 Å². The minimum Gasteiger partial charge on any atom is -0.472 e. The standard InChI is InChI=1S/C21H29FN2O2/c1-4-21(25)23-12-17-13-24(15(3)26-17)20-11-19(22)18(10-14(20)2)16-8-6-5-7-9-16/h10-11,16-17H,3-9,12-13H2,1-2H3,(H,23,25). The lowest BCUT2D eigenvalue weighted by atomic mass is 9.83. The fourth-order valence-corrected chi connectivity index (χ4v) is 4.00. The van der Waals surface area contributed by atoms with Gasteiger partial charge in [0.15, 0.2) is 5.88 Å². The van der Waals surface area contributed by atoms with Crippen LogP contribution in [-0.2, 0) is 9.53 Å². The molecule has 1 aliphatic carbocycles. The molecule has 0 bridgehead atoms. The van der Waals surface area contributed by atoms with E-state index < -0.39 is 0 Å². The number of nitrogens with one attached hydrogen (secondary N) is 1. The van der Waals surface area contributed by atoms with Gasteiger partial charge < -0.3 is 15.0 Å². The number of nitrogens with zero attached hydrogens (tertiary/aromatic N) is 1. The summed E-state index contributed by atoms with van der Waals surface area (Å²) >= 11 is 0. The lowest BCUT2D eigenvalue weighted by Crippen LogP contribution is -2.34. The Morgan fingerprint density at radius 3 is 2.77 bits per heavy atom. The highest BCUT2D eigenvalue weighted by atomic mass is 19.1. The van der Waals surface area contributed by atoms with Crippen molar-refractivity contribution in [3.05, 3.63) is 41.5 Å². The Morgan fingerprint density at radius 2 is 2.08 bits per heavy atom. The fraction of sp³-hybridized carbons (Fsp3) is 0.571. The number of carbonyl (C=O) groups is 1. The second kappa shape index (κ2) is 8.11. The van der Waals surface area contributed by atoms with Crippen LogP contribution in [0.5, 0.6) is 0 Å². The van der Waals surface area contributed by atoms with Gasteiger partial charge in [-0.3, -0.25) is 4.79 Å². The number of aryl methyl sites for hydroxylation is 1. The Labute approximate surface area is 155 Å². The van der Waals surface area contributed by atoms with Crippen LogP contribution < -0.4 is 10.2 Å². The topological polar surface area (TPSA) is 41.6 Å². The predicted octanol–water partition coefficient (Wildman–Crippen LogP) is 4.38. The largest absolute Gasteiger partial charge is 0.472 e. The molecule has 1 amide bonds. The number of carbonyl (C=O) groups excluding carboxylic acids is 1. The van der Waals surface area contributed by atoms with Crippen LogP contribution in [0.15, 0.2) is 24.6 Å². The number of amides is 1. The van der Waals surface area contributed by atoms with Crippen molar-refractivity contribution in [3.8, 4) is 0 Å². The summed E-state index contributed by atoms with van der Waals surface area (Å²) in [4.78, 5) is 13.3. The third kappa shape index (κ3) is 4.02. The van der Waals surface area contributed by atoms with Crippen molar-refractivity contribution < 1.29 is 13.9 Å². The summed E-state index contributed by atoms with van der Waals surface area (Å²) in [7, 11) is 0. The molecule has 1 atom stereocenters. The van der Waals surface area contributed by atoms with E-state index in [-0.39, 0.29) is 17.8 Å². The second-order valence-corrected chi connectivity index (χ2v) is 7.40. The van der Waals surface area contributed by atoms with Crippen molar-refractivity contribution in [3.63, 3.8) is 0 Å². The van der Waals surface area contributed by atoms with Gasteiger partial charge in [-0.15, -0.1) is 0 Å². The number of halogens is 1. The maximum atomic E-state index is 14.8. The zero-order chi connectivity index (χ0) is 18.7. The van der Waals surface area contributed by atoms with Crippen molar-refractivity contribution in [2.45, 2.75) is 64.4 Å². The van der Waals surface area contributed by atoms with E-state index in [0.29, 0.717) is 31.3 Å². The minimum atomic E-state index is -0.168. The van der Waals surface area contributed by atoms with E-state index in [4.69, 9.17) is 4.74 Å². The molecule has 26 heavy (non-hydrogen) atoms. The molecule has 1 heterocycles. The van der Waals surface area contributed by atoms with Gasteiger partial charge in [-0.25, -0.2) is 4.39 Å². The van der Waals surface area contributed by atoms with Gasteiger partial charge in [0.25, 0.3) is 0 Å². The maximum Gasteiger partial charge on any atom is 0.219 e. The molecule has 3 rings (SSSR count). The molecule has 1 N–H and O–H groups in total. The van der Waals surface area contributed by atoms with Crippen LogP contribution in [0, 0.1) is 12.7 Å². The molecule has 4 nitrogen and oxygen atoms in total. The lowest BCUT2D eigenvalue weighted by molar-refractivity contribution is -0.121. The molecule has 1 aromatic rings. The summed E-state index contributed by atoms with van der Waals surface area (Å²) in [5.41, 5.74) is 2.69. The van der Waals surface area contributed by atoms with Gasteiger partial charge in [0, 0.05) is 12.1 Å². The number of hydrogen-bond acceptors (Lipinski definition) is 3. The molecule has 1 unspecified atom stereocenters. The fourth-order valence-electron chi connectivity index (χ4n) is 4.00. The Bertz CT molecular complexity index is 683. The van der Waals surface area contributed by atoms with Crippen molar-refractivity contribution >= 4 is 11.6 Å². The first-order valence-corrected chi connectivity index (χ1v) is 9.69. The molecule has 1 aliphatic heterocycles. The normalized spacial score (nSPS) is 21.0. The molecular formula is C21H29FN2O2. The van der Waals surface area contributed by atoms with Gasteiger partial charge in [-0.05, 0) is 49.5 Å². The van der Waals surface area contributed by atoms with E-state index in [1.165, 1.54) is 19.3 Å². The number of benzene rings is 1. The van der Waals surface area contributed by atoms with Crippen LogP contribution in [-0.4, -0.2) is 25.1 Å². The molecule has 0 radical (unpaired) electrons. The van der Waals surface area contributed by atoms with Crippen molar-refractivity contribution in [1.29, 1.82) is 0 Å². The molecule has 0 aromatic heterocycles. The average molecular weight is 360 g/mol. The Morgan fingerprint density at radius 1 is 1.35 bits per heavy atom. The highest BCUT2D eigenvalue weighted by Crippen LogP contribution is 2.38. The van der Waals surface area contributed by atoms with E-state index in [9.17, 15) is 9.18 Å². The summed E-state index contributed by atoms with van der Waals surface area (Å²) in [6.45, 7) is 8.79. The molecule has 1 aromatic carbocycles. The van der Waals surface area contributed by atoms with Gasteiger partial charge in [0.05, 0.1) is 13.1 Å². The molecular weight excluding hydrogens is 331 g/mol. The third-order valence-corrected chi connectivity index (χ3v) is 5.49. The lowest BCUT2D eigenvalue weighted by Gasteiger charge is -2.25. The van der Waals surface area contributed by atoms with Gasteiger partial charge in [0.2, 0.25) is 5.91 Å². The van der Waals surface area contributed by atoms with Crippen molar-refractivity contribution in [2.75, 3.05) is 18.0 Å². The molecule has 0 spiro atoms. The predicted molar refractivity (Wildman–Crippen MR) is 102 cm³/mol. The molecule has 2 fully saturated rings. The third-order valence-electron chi connectivity index (χ3n) is 5.49. The van der Waals surface area contributed by atoms with Crippen molar-refractivity contribution in [1.82, 2.24) is 5.32 Å². The van der Waals surface area contributed by atoms with Gasteiger partial charge in [-0.1, -0.05) is 32.3 Å². The van der Waals surface area contributed by atoms with E-state index in [2.05, 4.69) is 11.9 Å². The highest BCUT2D eigenvalue weighted by Gasteiger charge is 2.30. The Kier molecular flexibility index (Phi) is 5.84. The summed E-state index contributed by atoms with van der Waals surface area (Å²) < 4.78 is 20.6. The van der Waals surface area contributed by atoms with E-state index >= 15 is 0 Å². The van der Waals surface area contributed by atoms with Crippen LogP contribution in [0.1, 0.15) is 62.5 Å². The Hall–Kier alpha value is -2.04. The van der Waals surface area contributed by atoms with Crippen LogP contribution >= 0.6 is 0 Å². The first-order chi connectivity index (χ1) is 12.5. The smallest absolute Gasteiger partial charge is 0.219 e. The summed E-state index contributed by atoms with van der Waals surface area (Å²) in [5.74, 6) is 0.713. The Balaban J connectivity index is 1.73. The summed E-state index contributed by atoms with van der Waals surface area (Å²) in [6.07, 6.45) is 6.07. The van der Waals surface area contributed by atoms with Crippen LogP contribution in [0.2, 0.25) is 0 Å². The monoisotopic (exact) mass is 360 g/mol. The number of rotatable bonds is 5. The molecule has 2 aliphatic rings. The first-order valence-electron chi connectivity index (χ1n) is 9.69. The van der Waals surface area contributed by atoms with E-state index in [1.54, 1.807) is 6.07 Å². The zero-order valence-corrected chi connectivity index (χ0v) is 15.8. The van der Waals surface area contributed by atoms with Crippen molar-refractivity contribution in [2.24, 2.45) is 0 Å². The molecule has 1 saturated carbocycles. The molecule has 5 heteroatoms. The molecule has 142 valence electrons. The zero-order valence-electron chi connectivity index (χ0n) is 15.8. The quantitative estimate of drug-likeness (QED) is 0.847.